The summed E-state index contributed by atoms with van der Waals surface area (Å²) in [6, 6.07) is 4.04. The van der Waals surface area contributed by atoms with Crippen molar-refractivity contribution in [3.63, 3.8) is 0 Å². The van der Waals surface area contributed by atoms with E-state index in [2.05, 4.69) is 10.6 Å². The predicted molar refractivity (Wildman–Crippen MR) is 118 cm³/mol. The molecule has 1 aromatic rings. The third-order valence-corrected chi connectivity index (χ3v) is 8.24. The Balaban J connectivity index is 1.61. The van der Waals surface area contributed by atoms with Crippen molar-refractivity contribution < 1.29 is 14.7 Å². The normalized spacial score (nSPS) is 25.5. The Morgan fingerprint density at radius 3 is 2.53 bits per heavy atom. The second-order valence-electron chi connectivity index (χ2n) is 9.16. The van der Waals surface area contributed by atoms with E-state index < -0.39 is 11.4 Å². The first-order valence-electron chi connectivity index (χ1n) is 11.5. The third-order valence-electron chi connectivity index (χ3n) is 6.90. The zero-order valence-corrected chi connectivity index (χ0v) is 18.4. The molecule has 1 saturated heterocycles. The van der Waals surface area contributed by atoms with Crippen LogP contribution in [0, 0.1) is 0 Å². The molecule has 0 bridgehead atoms. The van der Waals surface area contributed by atoms with E-state index in [0.29, 0.717) is 17.4 Å². The highest BCUT2D eigenvalue weighted by molar-refractivity contribution is 7.99. The first-order chi connectivity index (χ1) is 14.6. The molecular formula is C23H33N3O3S. The summed E-state index contributed by atoms with van der Waals surface area (Å²) in [5.41, 5.74) is 0.970. The number of carbonyl (C=O) groups is 2. The van der Waals surface area contributed by atoms with Crippen LogP contribution in [-0.2, 0) is 10.2 Å². The lowest BCUT2D eigenvalue weighted by Crippen LogP contribution is -2.37. The number of carboxylic acid groups (broad SMARTS) is 1. The van der Waals surface area contributed by atoms with Crippen molar-refractivity contribution in [2.45, 2.75) is 92.4 Å². The highest BCUT2D eigenvalue weighted by Crippen LogP contribution is 2.39. The number of aromatic nitrogens is 1. The molecule has 0 unspecified atom stereocenters. The first-order valence-corrected chi connectivity index (χ1v) is 12.4. The van der Waals surface area contributed by atoms with Crippen LogP contribution in [0.25, 0.3) is 0 Å². The SMILES string of the molecule is O=C(O)C[C@]1(c2ccc(C(=O)NC3CCCCC3)c(SC3CCCC3)n2)CCNC1. The second kappa shape index (κ2) is 9.69. The van der Waals surface area contributed by atoms with E-state index in [1.165, 1.54) is 32.1 Å². The summed E-state index contributed by atoms with van der Waals surface area (Å²) < 4.78 is 0. The molecule has 164 valence electrons. The van der Waals surface area contributed by atoms with Crippen LogP contribution in [0.2, 0.25) is 0 Å². The molecule has 30 heavy (non-hydrogen) atoms. The monoisotopic (exact) mass is 431 g/mol. The summed E-state index contributed by atoms with van der Waals surface area (Å²) in [5.74, 6) is -0.831. The van der Waals surface area contributed by atoms with Crippen LogP contribution < -0.4 is 10.6 Å². The number of amides is 1. The molecule has 3 fully saturated rings. The van der Waals surface area contributed by atoms with Crippen LogP contribution in [0.3, 0.4) is 0 Å². The molecule has 1 amide bonds. The Kier molecular flexibility index (Phi) is 6.98. The number of nitrogens with zero attached hydrogens (tertiary/aromatic N) is 1. The van der Waals surface area contributed by atoms with Crippen LogP contribution in [0.1, 0.15) is 86.7 Å². The van der Waals surface area contributed by atoms with E-state index >= 15 is 0 Å². The topological polar surface area (TPSA) is 91.3 Å². The minimum atomic E-state index is -0.801. The highest BCUT2D eigenvalue weighted by Gasteiger charge is 2.40. The molecule has 0 radical (unpaired) electrons. The Hall–Kier alpha value is -1.60. The second-order valence-corrected chi connectivity index (χ2v) is 10.4. The van der Waals surface area contributed by atoms with Crippen molar-refractivity contribution in [2.24, 2.45) is 0 Å². The smallest absolute Gasteiger partial charge is 0.304 e. The first kappa shape index (κ1) is 21.6. The van der Waals surface area contributed by atoms with Crippen molar-refractivity contribution in [2.75, 3.05) is 13.1 Å². The summed E-state index contributed by atoms with van der Waals surface area (Å²) in [4.78, 5) is 29.7. The zero-order chi connectivity index (χ0) is 21.0. The molecule has 1 atom stereocenters. The number of hydrogen-bond donors (Lipinski definition) is 3. The maximum Gasteiger partial charge on any atom is 0.304 e. The summed E-state index contributed by atoms with van der Waals surface area (Å²) in [6.45, 7) is 1.41. The predicted octanol–water partition coefficient (Wildman–Crippen LogP) is 3.88. The van der Waals surface area contributed by atoms with Gasteiger partial charge in [-0.25, -0.2) is 4.98 Å². The van der Waals surface area contributed by atoms with Crippen molar-refractivity contribution in [1.29, 1.82) is 0 Å². The Labute approximate surface area is 183 Å². The minimum Gasteiger partial charge on any atom is -0.481 e. The number of carbonyl (C=O) groups excluding carboxylic acids is 1. The Morgan fingerprint density at radius 2 is 1.87 bits per heavy atom. The van der Waals surface area contributed by atoms with Crippen LogP contribution in [0.5, 0.6) is 0 Å². The van der Waals surface area contributed by atoms with Crippen molar-refractivity contribution in [3.8, 4) is 0 Å². The largest absolute Gasteiger partial charge is 0.481 e. The van der Waals surface area contributed by atoms with Gasteiger partial charge in [0.25, 0.3) is 5.91 Å². The van der Waals surface area contributed by atoms with E-state index in [0.717, 1.165) is 49.4 Å². The fraction of sp³-hybridized carbons (Fsp3) is 0.696. The molecule has 2 heterocycles. The van der Waals surface area contributed by atoms with Gasteiger partial charge in [-0.15, -0.1) is 11.8 Å². The van der Waals surface area contributed by atoms with Crippen molar-refractivity contribution in [3.05, 3.63) is 23.4 Å². The van der Waals surface area contributed by atoms with Gasteiger partial charge >= 0.3 is 5.97 Å². The molecule has 0 aromatic carbocycles. The number of pyridine rings is 1. The standard InChI is InChI=1S/C23H33N3O3S/c27-20(28)14-23(12-13-24-15-23)19-11-10-18(21(29)25-16-6-2-1-3-7-16)22(26-19)30-17-8-4-5-9-17/h10-11,16-17,24H,1-9,12-15H2,(H,25,29)(H,27,28)/t23-/m1/s1. The molecular weight excluding hydrogens is 398 g/mol. The number of carboxylic acids is 1. The van der Waals surface area contributed by atoms with Gasteiger partial charge in [0.1, 0.15) is 5.03 Å². The summed E-state index contributed by atoms with van der Waals surface area (Å²) in [7, 11) is 0. The van der Waals surface area contributed by atoms with Crippen LogP contribution in [0.15, 0.2) is 17.2 Å². The van der Waals surface area contributed by atoms with Gasteiger partial charge in [-0.05, 0) is 50.8 Å². The molecule has 2 aliphatic carbocycles. The maximum atomic E-state index is 13.1. The van der Waals surface area contributed by atoms with E-state index in [1.807, 2.05) is 12.1 Å². The van der Waals surface area contributed by atoms with Crippen LogP contribution in [0.4, 0.5) is 0 Å². The quantitative estimate of drug-likeness (QED) is 0.607. The Bertz CT molecular complexity index is 767. The summed E-state index contributed by atoms with van der Waals surface area (Å²) in [6.07, 6.45) is 11.3. The lowest BCUT2D eigenvalue weighted by Gasteiger charge is -2.27. The summed E-state index contributed by atoms with van der Waals surface area (Å²) >= 11 is 1.72. The lowest BCUT2D eigenvalue weighted by molar-refractivity contribution is -0.138. The molecule has 1 aliphatic heterocycles. The van der Waals surface area contributed by atoms with E-state index in [4.69, 9.17) is 4.98 Å². The third kappa shape index (κ3) is 4.99. The Morgan fingerprint density at radius 1 is 1.13 bits per heavy atom. The number of aliphatic carboxylic acids is 1. The molecule has 4 rings (SSSR count). The van der Waals surface area contributed by atoms with Crippen LogP contribution in [-0.4, -0.2) is 46.3 Å². The van der Waals surface area contributed by atoms with Crippen molar-refractivity contribution in [1.82, 2.24) is 15.6 Å². The van der Waals surface area contributed by atoms with E-state index in [1.54, 1.807) is 11.8 Å². The molecule has 0 spiro atoms. The molecule has 6 nitrogen and oxygen atoms in total. The number of hydrogen-bond acceptors (Lipinski definition) is 5. The maximum absolute atomic E-state index is 13.1. The molecule has 3 N–H and O–H groups in total. The fourth-order valence-electron chi connectivity index (χ4n) is 5.17. The molecule has 2 saturated carbocycles. The fourth-order valence-corrected chi connectivity index (χ4v) is 6.49. The number of nitrogens with one attached hydrogen (secondary N) is 2. The number of thioether (sulfide) groups is 1. The average molecular weight is 432 g/mol. The highest BCUT2D eigenvalue weighted by atomic mass is 32.2. The van der Waals surface area contributed by atoms with Gasteiger partial charge in [0.2, 0.25) is 0 Å². The lowest BCUT2D eigenvalue weighted by atomic mass is 9.80. The van der Waals surface area contributed by atoms with Gasteiger partial charge in [0.15, 0.2) is 0 Å². The molecule has 3 aliphatic rings. The van der Waals surface area contributed by atoms with Crippen LogP contribution >= 0.6 is 11.8 Å². The van der Waals surface area contributed by atoms with E-state index in [9.17, 15) is 14.7 Å². The van der Waals surface area contributed by atoms with Gasteiger partial charge in [0.05, 0.1) is 12.0 Å². The van der Waals surface area contributed by atoms with Gasteiger partial charge in [-0.3, -0.25) is 9.59 Å². The van der Waals surface area contributed by atoms with Crippen molar-refractivity contribution >= 4 is 23.6 Å². The minimum absolute atomic E-state index is 0.0294. The van der Waals surface area contributed by atoms with Gasteiger partial charge in [-0.2, -0.15) is 0 Å². The molecule has 1 aromatic heterocycles. The average Bonchev–Trinajstić information content (AvgIpc) is 3.41. The van der Waals surface area contributed by atoms with E-state index in [-0.39, 0.29) is 18.4 Å². The van der Waals surface area contributed by atoms with Gasteiger partial charge in [-0.1, -0.05) is 32.1 Å². The van der Waals surface area contributed by atoms with Gasteiger partial charge in [0, 0.05) is 28.9 Å². The van der Waals surface area contributed by atoms with Gasteiger partial charge < -0.3 is 15.7 Å². The molecule has 7 heteroatoms. The zero-order valence-electron chi connectivity index (χ0n) is 17.6. The number of rotatable bonds is 7. The summed E-state index contributed by atoms with van der Waals surface area (Å²) in [5, 5.41) is 17.3.